The summed E-state index contributed by atoms with van der Waals surface area (Å²) in [5.74, 6) is -0.931. The highest BCUT2D eigenvalue weighted by atomic mass is 16.6. The zero-order chi connectivity index (χ0) is 43.7. The van der Waals surface area contributed by atoms with Crippen molar-refractivity contribution in [2.24, 2.45) is 0 Å². The molecule has 6 nitrogen and oxygen atoms in total. The van der Waals surface area contributed by atoms with E-state index in [9.17, 15) is 14.4 Å². The number of carbonyl (C=O) groups is 3. The molecule has 1 unspecified atom stereocenters. The summed E-state index contributed by atoms with van der Waals surface area (Å²) in [5.41, 5.74) is 0. The first-order valence-electron chi connectivity index (χ1n) is 24.6. The van der Waals surface area contributed by atoms with Gasteiger partial charge in [0.2, 0.25) is 0 Å². The number of allylic oxidation sites excluding steroid dienone is 14. The summed E-state index contributed by atoms with van der Waals surface area (Å²) in [6.07, 6.45) is 61.4. The Bertz CT molecular complexity index is 1190. The van der Waals surface area contributed by atoms with Crippen molar-refractivity contribution in [3.63, 3.8) is 0 Å². The van der Waals surface area contributed by atoms with E-state index < -0.39 is 6.10 Å². The van der Waals surface area contributed by atoms with Crippen LogP contribution in [0.2, 0.25) is 0 Å². The van der Waals surface area contributed by atoms with E-state index in [1.807, 2.05) is 0 Å². The third kappa shape index (κ3) is 45.7. The van der Waals surface area contributed by atoms with Crippen molar-refractivity contribution in [3.05, 3.63) is 85.1 Å². The highest BCUT2D eigenvalue weighted by Gasteiger charge is 2.19. The summed E-state index contributed by atoms with van der Waals surface area (Å²) in [7, 11) is 0. The van der Waals surface area contributed by atoms with Crippen LogP contribution in [0, 0.1) is 0 Å². The molecule has 0 aromatic rings. The number of unbranched alkanes of at least 4 members (excludes halogenated alkanes) is 18. The van der Waals surface area contributed by atoms with Crippen molar-refractivity contribution in [2.75, 3.05) is 13.2 Å². The molecule has 60 heavy (non-hydrogen) atoms. The van der Waals surface area contributed by atoms with Gasteiger partial charge in [0.25, 0.3) is 0 Å². The molecule has 0 aliphatic rings. The summed E-state index contributed by atoms with van der Waals surface area (Å²) in [4.78, 5) is 37.9. The summed E-state index contributed by atoms with van der Waals surface area (Å²) in [5, 5.41) is 0. The molecule has 0 spiro atoms. The minimum Gasteiger partial charge on any atom is -0.462 e. The third-order valence-corrected chi connectivity index (χ3v) is 10.1. The Morgan fingerprint density at radius 1 is 0.333 bits per heavy atom. The fourth-order valence-corrected chi connectivity index (χ4v) is 6.53. The molecule has 0 amide bonds. The monoisotopic (exact) mass is 835 g/mol. The molecular weight excluding hydrogens is 745 g/mol. The van der Waals surface area contributed by atoms with Gasteiger partial charge in [0.05, 0.1) is 0 Å². The van der Waals surface area contributed by atoms with Crippen LogP contribution in [-0.2, 0) is 28.6 Å². The second-order valence-electron chi connectivity index (χ2n) is 15.9. The van der Waals surface area contributed by atoms with Crippen LogP contribution in [0.4, 0.5) is 0 Å². The molecule has 0 fully saturated rings. The number of ether oxygens (including phenoxy) is 3. The molecule has 0 aromatic carbocycles. The molecule has 342 valence electrons. The molecule has 0 saturated carbocycles. The van der Waals surface area contributed by atoms with E-state index in [-0.39, 0.29) is 31.1 Å². The second-order valence-corrected chi connectivity index (χ2v) is 15.9. The SMILES string of the molecule is CC/C=C\C/C=C\C/C=C\CCCCCCCCC(=O)OCC(COC(=O)CCCCCCC/C=C\C/C=C\CC)OC(=O)CCCCCCCCC/C=C\C/C=C\CC. The fraction of sp³-hybridized carbons (Fsp3) is 0.685. The van der Waals surface area contributed by atoms with Gasteiger partial charge in [0.15, 0.2) is 6.10 Å². The number of esters is 3. The minimum atomic E-state index is -0.791. The molecular formula is C54H90O6. The van der Waals surface area contributed by atoms with Gasteiger partial charge in [-0.3, -0.25) is 14.4 Å². The number of rotatable bonds is 43. The Morgan fingerprint density at radius 2 is 0.600 bits per heavy atom. The van der Waals surface area contributed by atoms with Crippen molar-refractivity contribution in [1.82, 2.24) is 0 Å². The molecule has 0 heterocycles. The van der Waals surface area contributed by atoms with Crippen LogP contribution in [0.3, 0.4) is 0 Å². The highest BCUT2D eigenvalue weighted by Crippen LogP contribution is 2.14. The van der Waals surface area contributed by atoms with E-state index in [4.69, 9.17) is 14.2 Å². The second kappa shape index (κ2) is 48.3. The van der Waals surface area contributed by atoms with E-state index in [1.165, 1.54) is 44.9 Å². The molecule has 0 saturated heterocycles. The lowest BCUT2D eigenvalue weighted by Crippen LogP contribution is -2.30. The van der Waals surface area contributed by atoms with Gasteiger partial charge in [0, 0.05) is 19.3 Å². The molecule has 6 heteroatoms. The van der Waals surface area contributed by atoms with Crippen molar-refractivity contribution < 1.29 is 28.6 Å². The molecule has 0 rings (SSSR count). The number of hydrogen-bond acceptors (Lipinski definition) is 6. The van der Waals surface area contributed by atoms with Crippen molar-refractivity contribution in [2.45, 2.75) is 226 Å². The summed E-state index contributed by atoms with van der Waals surface area (Å²) in [6.45, 7) is 6.27. The van der Waals surface area contributed by atoms with Gasteiger partial charge in [-0.15, -0.1) is 0 Å². The van der Waals surface area contributed by atoms with Crippen LogP contribution in [0.1, 0.15) is 220 Å². The van der Waals surface area contributed by atoms with Gasteiger partial charge in [0.1, 0.15) is 13.2 Å². The molecule has 1 atom stereocenters. The van der Waals surface area contributed by atoms with Crippen molar-refractivity contribution in [3.8, 4) is 0 Å². The van der Waals surface area contributed by atoms with E-state index >= 15 is 0 Å². The number of carbonyl (C=O) groups excluding carboxylic acids is 3. The molecule has 0 aliphatic carbocycles. The van der Waals surface area contributed by atoms with Crippen LogP contribution in [0.15, 0.2) is 85.1 Å². The lowest BCUT2D eigenvalue weighted by Gasteiger charge is -2.18. The maximum absolute atomic E-state index is 12.8. The smallest absolute Gasteiger partial charge is 0.306 e. The Balaban J connectivity index is 4.43. The Morgan fingerprint density at radius 3 is 0.933 bits per heavy atom. The molecule has 0 aliphatic heterocycles. The van der Waals surface area contributed by atoms with E-state index in [2.05, 4.69) is 106 Å². The van der Waals surface area contributed by atoms with Crippen LogP contribution in [0.5, 0.6) is 0 Å². The van der Waals surface area contributed by atoms with Gasteiger partial charge in [-0.05, 0) is 103 Å². The predicted octanol–water partition coefficient (Wildman–Crippen LogP) is 16.0. The zero-order valence-corrected chi connectivity index (χ0v) is 38.9. The van der Waals surface area contributed by atoms with Gasteiger partial charge in [-0.25, -0.2) is 0 Å². The average Bonchev–Trinajstić information content (AvgIpc) is 3.24. The highest BCUT2D eigenvalue weighted by molar-refractivity contribution is 5.71. The third-order valence-electron chi connectivity index (χ3n) is 10.1. The van der Waals surface area contributed by atoms with Crippen LogP contribution in [0.25, 0.3) is 0 Å². The van der Waals surface area contributed by atoms with E-state index in [0.29, 0.717) is 19.3 Å². The standard InChI is InChI=1S/C54H90O6/c1-4-7-10-13-16-19-22-25-27-28-30-32-35-38-41-44-47-53(56)59-50-51(49-58-52(55)46-43-40-37-34-31-24-21-18-15-12-9-6-3)60-54(57)48-45-42-39-36-33-29-26-23-20-17-14-11-8-5-2/h7-12,16-21,25,27,51H,4-6,13-15,22-24,26,28-50H2,1-3H3/b10-7-,11-8-,12-9-,19-16-,20-17-,21-18-,27-25-. The van der Waals surface area contributed by atoms with Crippen LogP contribution < -0.4 is 0 Å². The minimum absolute atomic E-state index is 0.0922. The topological polar surface area (TPSA) is 78.9 Å². The zero-order valence-electron chi connectivity index (χ0n) is 38.9. The first-order valence-corrected chi connectivity index (χ1v) is 24.6. The fourth-order valence-electron chi connectivity index (χ4n) is 6.53. The molecule has 0 radical (unpaired) electrons. The van der Waals surface area contributed by atoms with Crippen LogP contribution >= 0.6 is 0 Å². The molecule has 0 aromatic heterocycles. The van der Waals surface area contributed by atoms with Gasteiger partial charge >= 0.3 is 17.9 Å². The maximum atomic E-state index is 12.8. The van der Waals surface area contributed by atoms with E-state index in [0.717, 1.165) is 135 Å². The average molecular weight is 835 g/mol. The quantitative estimate of drug-likeness (QED) is 0.0263. The summed E-state index contributed by atoms with van der Waals surface area (Å²) in [6, 6.07) is 0. The Hall–Kier alpha value is -3.41. The van der Waals surface area contributed by atoms with Gasteiger partial charge in [-0.1, -0.05) is 183 Å². The summed E-state index contributed by atoms with van der Waals surface area (Å²) < 4.78 is 16.7. The lowest BCUT2D eigenvalue weighted by atomic mass is 10.1. The molecule has 0 N–H and O–H groups in total. The predicted molar refractivity (Wildman–Crippen MR) is 256 cm³/mol. The Kier molecular flexibility index (Phi) is 45.5. The number of hydrogen-bond donors (Lipinski definition) is 0. The first-order chi connectivity index (χ1) is 29.5. The Labute approximate surface area is 369 Å². The first kappa shape index (κ1) is 56.6. The lowest BCUT2D eigenvalue weighted by molar-refractivity contribution is -0.167. The van der Waals surface area contributed by atoms with Gasteiger partial charge in [-0.2, -0.15) is 0 Å². The molecule has 0 bridgehead atoms. The van der Waals surface area contributed by atoms with Crippen LogP contribution in [-0.4, -0.2) is 37.2 Å². The van der Waals surface area contributed by atoms with Crippen molar-refractivity contribution >= 4 is 17.9 Å². The van der Waals surface area contributed by atoms with Crippen molar-refractivity contribution in [1.29, 1.82) is 0 Å². The van der Waals surface area contributed by atoms with Gasteiger partial charge < -0.3 is 14.2 Å². The largest absolute Gasteiger partial charge is 0.462 e. The van der Waals surface area contributed by atoms with E-state index in [1.54, 1.807) is 0 Å². The maximum Gasteiger partial charge on any atom is 0.306 e. The normalized spacial score (nSPS) is 12.8. The summed E-state index contributed by atoms with van der Waals surface area (Å²) >= 11 is 0.